The van der Waals surface area contributed by atoms with Crippen molar-refractivity contribution in [2.24, 2.45) is 13.0 Å². The molecule has 0 atom stereocenters. The van der Waals surface area contributed by atoms with Crippen LogP contribution in [-0.4, -0.2) is 8.07 Å². The van der Waals surface area contributed by atoms with E-state index in [0.29, 0.717) is 5.92 Å². The standard InChI is InChI=1S/C25H38NSi/c1-18(2)14-20-12-13-22(19(3)15-20)24-16-25(27(5,6)7)23(17-26(24)4)21-10-8-9-11-21/h12-13,15-18,21H,8-11,14H2,1-7H3/q+1. The van der Waals surface area contributed by atoms with E-state index in [9.17, 15) is 0 Å². The fraction of sp³-hybridized carbons (Fsp3) is 0.560. The molecule has 1 heterocycles. The van der Waals surface area contributed by atoms with Gasteiger partial charge in [-0.1, -0.05) is 58.5 Å². The number of rotatable bonds is 5. The van der Waals surface area contributed by atoms with Gasteiger partial charge in [-0.2, -0.15) is 0 Å². The van der Waals surface area contributed by atoms with Crippen LogP contribution in [0.5, 0.6) is 0 Å². The topological polar surface area (TPSA) is 3.88 Å². The Hall–Kier alpha value is -1.41. The molecule has 0 N–H and O–H groups in total. The van der Waals surface area contributed by atoms with Gasteiger partial charge in [-0.3, -0.25) is 0 Å². The van der Waals surface area contributed by atoms with E-state index in [2.05, 4.69) is 82.5 Å². The molecule has 0 unspecified atom stereocenters. The highest BCUT2D eigenvalue weighted by molar-refractivity contribution is 6.89. The maximum Gasteiger partial charge on any atom is 0.212 e. The van der Waals surface area contributed by atoms with E-state index >= 15 is 0 Å². The van der Waals surface area contributed by atoms with E-state index < -0.39 is 8.07 Å². The van der Waals surface area contributed by atoms with Gasteiger partial charge in [-0.05, 0) is 60.4 Å². The third-order valence-corrected chi connectivity index (χ3v) is 8.17. The third kappa shape index (κ3) is 4.54. The summed E-state index contributed by atoms with van der Waals surface area (Å²) in [5.41, 5.74) is 7.28. The Morgan fingerprint density at radius 2 is 1.74 bits per heavy atom. The summed E-state index contributed by atoms with van der Waals surface area (Å²) in [6.07, 6.45) is 9.18. The van der Waals surface area contributed by atoms with E-state index in [1.165, 1.54) is 48.1 Å². The van der Waals surface area contributed by atoms with Crippen molar-refractivity contribution in [1.82, 2.24) is 0 Å². The van der Waals surface area contributed by atoms with Crippen LogP contribution in [0.3, 0.4) is 0 Å². The maximum absolute atomic E-state index is 2.55. The number of benzene rings is 1. The highest BCUT2D eigenvalue weighted by atomic mass is 28.3. The first-order valence-electron chi connectivity index (χ1n) is 10.8. The lowest BCUT2D eigenvalue weighted by Crippen LogP contribution is -2.45. The summed E-state index contributed by atoms with van der Waals surface area (Å²) in [4.78, 5) is 0. The lowest BCUT2D eigenvalue weighted by Gasteiger charge is -2.24. The van der Waals surface area contributed by atoms with Crippen LogP contribution in [0.15, 0.2) is 30.5 Å². The van der Waals surface area contributed by atoms with Crippen molar-refractivity contribution in [2.45, 2.75) is 78.4 Å². The average molecular weight is 381 g/mol. The minimum absolute atomic E-state index is 0.704. The van der Waals surface area contributed by atoms with Crippen molar-refractivity contribution >= 4 is 13.3 Å². The molecule has 0 saturated heterocycles. The zero-order chi connectivity index (χ0) is 19.8. The molecule has 1 aromatic carbocycles. The molecule has 27 heavy (non-hydrogen) atoms. The molecule has 0 radical (unpaired) electrons. The van der Waals surface area contributed by atoms with Gasteiger partial charge in [0.15, 0.2) is 6.20 Å². The van der Waals surface area contributed by atoms with Crippen LogP contribution in [0.2, 0.25) is 19.6 Å². The monoisotopic (exact) mass is 380 g/mol. The Morgan fingerprint density at radius 1 is 1.07 bits per heavy atom. The van der Waals surface area contributed by atoms with Crippen molar-refractivity contribution in [3.8, 4) is 11.3 Å². The van der Waals surface area contributed by atoms with Crippen molar-refractivity contribution in [1.29, 1.82) is 0 Å². The molecular weight excluding hydrogens is 342 g/mol. The van der Waals surface area contributed by atoms with Crippen LogP contribution >= 0.6 is 0 Å². The van der Waals surface area contributed by atoms with Crippen LogP contribution in [0.1, 0.15) is 62.1 Å². The van der Waals surface area contributed by atoms with Crippen molar-refractivity contribution in [3.63, 3.8) is 0 Å². The summed E-state index contributed by atoms with van der Waals surface area (Å²) in [7, 11) is 0.843. The van der Waals surface area contributed by atoms with Crippen LogP contribution in [0, 0.1) is 12.8 Å². The van der Waals surface area contributed by atoms with Crippen molar-refractivity contribution in [3.05, 3.63) is 47.2 Å². The first-order valence-corrected chi connectivity index (χ1v) is 14.3. The summed E-state index contributed by atoms with van der Waals surface area (Å²) in [5.74, 6) is 1.48. The van der Waals surface area contributed by atoms with Crippen molar-refractivity contribution in [2.75, 3.05) is 0 Å². The van der Waals surface area contributed by atoms with E-state index in [-0.39, 0.29) is 0 Å². The first kappa shape index (κ1) is 20.3. The smallest absolute Gasteiger partial charge is 0.201 e. The maximum atomic E-state index is 2.55. The molecule has 1 aliphatic carbocycles. The Morgan fingerprint density at radius 3 is 2.30 bits per heavy atom. The fourth-order valence-corrected chi connectivity index (χ4v) is 6.46. The number of hydrogen-bond acceptors (Lipinski definition) is 0. The molecule has 1 aromatic heterocycles. The van der Waals surface area contributed by atoms with Gasteiger partial charge in [-0.25, -0.2) is 4.57 Å². The van der Waals surface area contributed by atoms with Gasteiger partial charge in [-0.15, -0.1) is 0 Å². The predicted molar refractivity (Wildman–Crippen MR) is 121 cm³/mol. The Bertz CT molecular complexity index is 808. The van der Waals surface area contributed by atoms with Gasteiger partial charge in [0, 0.05) is 17.2 Å². The van der Waals surface area contributed by atoms with Crippen LogP contribution < -0.4 is 9.75 Å². The average Bonchev–Trinajstić information content (AvgIpc) is 3.08. The summed E-state index contributed by atoms with van der Waals surface area (Å²) >= 11 is 0. The Kier molecular flexibility index (Phi) is 5.95. The van der Waals surface area contributed by atoms with E-state index in [0.717, 1.165) is 12.3 Å². The number of aryl methyl sites for hydroxylation is 2. The molecule has 1 nitrogen and oxygen atoms in total. The molecule has 2 heteroatoms. The van der Waals surface area contributed by atoms with Gasteiger partial charge >= 0.3 is 0 Å². The quantitative estimate of drug-likeness (QED) is 0.450. The molecule has 0 amide bonds. The molecule has 0 spiro atoms. The molecule has 0 bridgehead atoms. The normalized spacial score (nSPS) is 15.7. The fourth-order valence-electron chi connectivity index (χ4n) is 4.76. The van der Waals surface area contributed by atoms with E-state index in [4.69, 9.17) is 0 Å². The van der Waals surface area contributed by atoms with Gasteiger partial charge in [0.25, 0.3) is 0 Å². The lowest BCUT2D eigenvalue weighted by molar-refractivity contribution is -0.660. The van der Waals surface area contributed by atoms with Crippen molar-refractivity contribution < 1.29 is 4.57 Å². The van der Waals surface area contributed by atoms with Crippen LogP contribution in [0.4, 0.5) is 0 Å². The van der Waals surface area contributed by atoms with Crippen LogP contribution in [0.25, 0.3) is 11.3 Å². The minimum atomic E-state index is -1.40. The zero-order valence-electron chi connectivity index (χ0n) is 18.5. The molecule has 0 aliphatic heterocycles. The second-order valence-corrected chi connectivity index (χ2v) is 15.2. The Labute approximate surface area is 167 Å². The summed E-state index contributed by atoms with van der Waals surface area (Å²) in [5, 5.41) is 1.67. The molecule has 1 saturated carbocycles. The predicted octanol–water partition coefficient (Wildman–Crippen LogP) is 5.89. The van der Waals surface area contributed by atoms with E-state index in [1.54, 1.807) is 10.8 Å². The van der Waals surface area contributed by atoms with Gasteiger partial charge in [0.05, 0.1) is 8.07 Å². The second-order valence-electron chi connectivity index (χ2n) is 10.1. The molecule has 1 aliphatic rings. The highest BCUT2D eigenvalue weighted by Crippen LogP contribution is 2.34. The minimum Gasteiger partial charge on any atom is -0.201 e. The molecular formula is C25H38NSi+. The van der Waals surface area contributed by atoms with Gasteiger partial charge in [0.2, 0.25) is 5.69 Å². The summed E-state index contributed by atoms with van der Waals surface area (Å²) in [6, 6.07) is 9.63. The number of pyridine rings is 1. The summed E-state index contributed by atoms with van der Waals surface area (Å²) in [6.45, 7) is 14.4. The van der Waals surface area contributed by atoms with Gasteiger partial charge < -0.3 is 0 Å². The molecule has 3 rings (SSSR count). The number of nitrogens with zero attached hydrogens (tertiary/aromatic N) is 1. The highest BCUT2D eigenvalue weighted by Gasteiger charge is 2.30. The number of aromatic nitrogens is 1. The number of hydrogen-bond donors (Lipinski definition) is 0. The largest absolute Gasteiger partial charge is 0.212 e. The third-order valence-electron chi connectivity index (χ3n) is 6.12. The second kappa shape index (κ2) is 7.91. The molecule has 1 fully saturated rings. The lowest BCUT2D eigenvalue weighted by atomic mass is 9.95. The van der Waals surface area contributed by atoms with Crippen LogP contribution in [-0.2, 0) is 13.5 Å². The van der Waals surface area contributed by atoms with E-state index in [1.807, 2.05) is 0 Å². The summed E-state index contributed by atoms with van der Waals surface area (Å²) < 4.78 is 2.39. The zero-order valence-corrected chi connectivity index (χ0v) is 19.5. The first-order chi connectivity index (χ1) is 12.7. The SMILES string of the molecule is Cc1cc(CC(C)C)ccc1-c1cc([Si](C)(C)C)c(C2CCCC2)c[n+]1C. The van der Waals surface area contributed by atoms with Gasteiger partial charge in [0.1, 0.15) is 7.05 Å². The Balaban J connectivity index is 2.08. The molecule has 2 aromatic rings. The molecule has 146 valence electrons.